The predicted molar refractivity (Wildman–Crippen MR) is 76.6 cm³/mol. The molecule has 5 heteroatoms. The van der Waals surface area contributed by atoms with Crippen molar-refractivity contribution in [2.24, 2.45) is 0 Å². The number of hydrogen-bond acceptors (Lipinski definition) is 4. The molecule has 2 heterocycles. The van der Waals surface area contributed by atoms with Crippen molar-refractivity contribution in [1.82, 2.24) is 4.90 Å². The van der Waals surface area contributed by atoms with E-state index in [9.17, 15) is 4.79 Å². The Labute approximate surface area is 123 Å². The summed E-state index contributed by atoms with van der Waals surface area (Å²) in [5.74, 6) is 1.67. The quantitative estimate of drug-likeness (QED) is 0.867. The third-order valence-corrected chi connectivity index (χ3v) is 3.39. The van der Waals surface area contributed by atoms with Gasteiger partial charge in [0.25, 0.3) is 5.91 Å². The Kier molecular flexibility index (Phi) is 3.81. The number of carbonyl (C=O) groups is 1. The molecule has 1 aromatic heterocycles. The van der Waals surface area contributed by atoms with Gasteiger partial charge in [-0.15, -0.1) is 0 Å². The van der Waals surface area contributed by atoms with Crippen LogP contribution in [0.15, 0.2) is 47.1 Å². The summed E-state index contributed by atoms with van der Waals surface area (Å²) in [6, 6.07) is 10.9. The van der Waals surface area contributed by atoms with Crippen molar-refractivity contribution in [2.45, 2.75) is 13.0 Å². The Hall–Kier alpha value is -2.43. The lowest BCUT2D eigenvalue weighted by molar-refractivity contribution is 0.0455. The molecule has 2 aromatic rings. The zero-order chi connectivity index (χ0) is 14.7. The van der Waals surface area contributed by atoms with Crippen molar-refractivity contribution in [3.05, 3.63) is 48.4 Å². The predicted octanol–water partition coefficient (Wildman–Crippen LogP) is 2.58. The van der Waals surface area contributed by atoms with Crippen LogP contribution in [0.3, 0.4) is 0 Å². The van der Waals surface area contributed by atoms with E-state index < -0.39 is 0 Å². The minimum absolute atomic E-state index is 0.134. The lowest BCUT2D eigenvalue weighted by atomic mass is 10.2. The Morgan fingerprint density at radius 2 is 2.05 bits per heavy atom. The van der Waals surface area contributed by atoms with Crippen LogP contribution in [-0.2, 0) is 0 Å². The van der Waals surface area contributed by atoms with E-state index in [1.54, 1.807) is 17.0 Å². The van der Waals surface area contributed by atoms with Crippen LogP contribution in [0.1, 0.15) is 17.5 Å². The van der Waals surface area contributed by atoms with E-state index in [1.165, 1.54) is 6.26 Å². The minimum Gasteiger partial charge on any atom is -0.486 e. The van der Waals surface area contributed by atoms with Crippen LogP contribution < -0.4 is 9.47 Å². The van der Waals surface area contributed by atoms with Crippen LogP contribution in [0.5, 0.6) is 11.5 Å². The van der Waals surface area contributed by atoms with Gasteiger partial charge in [-0.3, -0.25) is 4.79 Å². The number of nitrogens with zero attached hydrogens (tertiary/aromatic N) is 1. The monoisotopic (exact) mass is 287 g/mol. The summed E-state index contributed by atoms with van der Waals surface area (Å²) in [4.78, 5) is 14.0. The SMILES string of the molecule is CCN(CC1COc2ccccc2O1)C(=O)c1ccco1. The van der Waals surface area contributed by atoms with E-state index in [4.69, 9.17) is 13.9 Å². The van der Waals surface area contributed by atoms with Gasteiger partial charge >= 0.3 is 0 Å². The largest absolute Gasteiger partial charge is 0.486 e. The van der Waals surface area contributed by atoms with Crippen LogP contribution in [0.2, 0.25) is 0 Å². The fourth-order valence-corrected chi connectivity index (χ4v) is 2.31. The Morgan fingerprint density at radius 3 is 2.76 bits per heavy atom. The first-order valence-corrected chi connectivity index (χ1v) is 6.99. The molecular formula is C16H17NO4. The molecule has 0 spiro atoms. The molecule has 0 fully saturated rings. The summed E-state index contributed by atoms with van der Waals surface area (Å²) in [6.45, 7) is 3.41. The lowest BCUT2D eigenvalue weighted by Crippen LogP contribution is -2.43. The Morgan fingerprint density at radius 1 is 1.24 bits per heavy atom. The summed E-state index contributed by atoms with van der Waals surface area (Å²) in [7, 11) is 0. The number of carbonyl (C=O) groups excluding carboxylic acids is 1. The molecule has 0 aliphatic carbocycles. The molecule has 0 bridgehead atoms. The lowest BCUT2D eigenvalue weighted by Gasteiger charge is -2.30. The highest BCUT2D eigenvalue weighted by Gasteiger charge is 2.26. The fraction of sp³-hybridized carbons (Fsp3) is 0.312. The fourth-order valence-electron chi connectivity index (χ4n) is 2.31. The van der Waals surface area contributed by atoms with Crippen molar-refractivity contribution >= 4 is 5.91 Å². The van der Waals surface area contributed by atoms with Crippen LogP contribution in [0.25, 0.3) is 0 Å². The molecule has 0 saturated heterocycles. The van der Waals surface area contributed by atoms with Gasteiger partial charge in [0.05, 0.1) is 12.8 Å². The van der Waals surface area contributed by atoms with Gasteiger partial charge in [0, 0.05) is 6.54 Å². The summed E-state index contributed by atoms with van der Waals surface area (Å²) in [6.07, 6.45) is 1.32. The van der Waals surface area contributed by atoms with Gasteiger partial charge in [-0.05, 0) is 31.2 Å². The van der Waals surface area contributed by atoms with Crippen LogP contribution >= 0.6 is 0 Å². The number of fused-ring (bicyclic) bond motifs is 1. The molecule has 5 nitrogen and oxygen atoms in total. The maximum absolute atomic E-state index is 12.3. The van der Waals surface area contributed by atoms with E-state index in [2.05, 4.69) is 0 Å². The van der Waals surface area contributed by atoms with Gasteiger partial charge in [0.2, 0.25) is 0 Å². The van der Waals surface area contributed by atoms with Crippen LogP contribution in [0, 0.1) is 0 Å². The smallest absolute Gasteiger partial charge is 0.289 e. The molecule has 3 rings (SSSR count). The molecule has 1 aliphatic rings. The number of benzene rings is 1. The highest BCUT2D eigenvalue weighted by atomic mass is 16.6. The topological polar surface area (TPSA) is 51.9 Å². The normalized spacial score (nSPS) is 16.5. The third kappa shape index (κ3) is 2.86. The maximum Gasteiger partial charge on any atom is 0.289 e. The number of hydrogen-bond donors (Lipinski definition) is 0. The number of furan rings is 1. The summed E-state index contributed by atoms with van der Waals surface area (Å²) in [5, 5.41) is 0. The van der Waals surface area contributed by atoms with Gasteiger partial charge in [-0.1, -0.05) is 12.1 Å². The van der Waals surface area contributed by atoms with Crippen molar-refractivity contribution in [2.75, 3.05) is 19.7 Å². The molecule has 1 aromatic carbocycles. The van der Waals surface area contributed by atoms with E-state index in [1.807, 2.05) is 31.2 Å². The van der Waals surface area contributed by atoms with E-state index in [0.29, 0.717) is 25.5 Å². The Balaban J connectivity index is 1.67. The first-order valence-electron chi connectivity index (χ1n) is 6.99. The van der Waals surface area contributed by atoms with Gasteiger partial charge in [0.1, 0.15) is 6.61 Å². The number of rotatable bonds is 4. The average molecular weight is 287 g/mol. The van der Waals surface area contributed by atoms with Crippen molar-refractivity contribution in [3.8, 4) is 11.5 Å². The second-order valence-corrected chi connectivity index (χ2v) is 4.82. The molecule has 21 heavy (non-hydrogen) atoms. The zero-order valence-electron chi connectivity index (χ0n) is 11.8. The molecule has 110 valence electrons. The summed E-state index contributed by atoms with van der Waals surface area (Å²) >= 11 is 0. The summed E-state index contributed by atoms with van der Waals surface area (Å²) < 4.78 is 16.7. The number of amides is 1. The highest BCUT2D eigenvalue weighted by molar-refractivity contribution is 5.91. The van der Waals surface area contributed by atoms with E-state index in [-0.39, 0.29) is 12.0 Å². The standard InChI is InChI=1S/C16H17NO4/c1-2-17(16(18)15-8-5-9-19-15)10-12-11-20-13-6-3-4-7-14(13)21-12/h3-9,12H,2,10-11H2,1H3. The molecule has 1 unspecified atom stereocenters. The van der Waals surface area contributed by atoms with E-state index in [0.717, 1.165) is 11.5 Å². The third-order valence-electron chi connectivity index (χ3n) is 3.39. The summed E-state index contributed by atoms with van der Waals surface area (Å²) in [5.41, 5.74) is 0. The van der Waals surface area contributed by atoms with Gasteiger partial charge in [-0.2, -0.15) is 0 Å². The minimum atomic E-state index is -0.182. The molecule has 1 atom stereocenters. The number of para-hydroxylation sites is 2. The maximum atomic E-state index is 12.3. The number of likely N-dealkylation sites (N-methyl/N-ethyl adjacent to an activating group) is 1. The molecule has 0 radical (unpaired) electrons. The molecule has 0 N–H and O–H groups in total. The zero-order valence-corrected chi connectivity index (χ0v) is 11.8. The molecule has 0 saturated carbocycles. The van der Waals surface area contributed by atoms with Crippen LogP contribution in [0.4, 0.5) is 0 Å². The van der Waals surface area contributed by atoms with Gasteiger partial charge in [0.15, 0.2) is 23.4 Å². The van der Waals surface area contributed by atoms with Crippen LogP contribution in [-0.4, -0.2) is 36.6 Å². The first kappa shape index (κ1) is 13.5. The van der Waals surface area contributed by atoms with Gasteiger partial charge in [-0.25, -0.2) is 0 Å². The second-order valence-electron chi connectivity index (χ2n) is 4.82. The molecule has 1 aliphatic heterocycles. The molecule has 1 amide bonds. The number of ether oxygens (including phenoxy) is 2. The Bertz CT molecular complexity index is 608. The van der Waals surface area contributed by atoms with Crippen molar-refractivity contribution in [3.63, 3.8) is 0 Å². The van der Waals surface area contributed by atoms with Crippen molar-refractivity contribution < 1.29 is 18.7 Å². The van der Waals surface area contributed by atoms with Gasteiger partial charge < -0.3 is 18.8 Å². The average Bonchev–Trinajstić information content (AvgIpc) is 3.06. The second kappa shape index (κ2) is 5.91. The first-order chi connectivity index (χ1) is 10.3. The van der Waals surface area contributed by atoms with Crippen molar-refractivity contribution in [1.29, 1.82) is 0 Å². The molecular weight excluding hydrogens is 270 g/mol. The van der Waals surface area contributed by atoms with E-state index >= 15 is 0 Å². The highest BCUT2D eigenvalue weighted by Crippen LogP contribution is 2.31.